The van der Waals surface area contributed by atoms with Gasteiger partial charge in [0.1, 0.15) is 0 Å². The zero-order valence-corrected chi connectivity index (χ0v) is 25.9. The Morgan fingerprint density at radius 1 is 0.757 bits per heavy atom. The number of ether oxygens (including phenoxy) is 3. The lowest BCUT2D eigenvalue weighted by atomic mass is 9.43. The van der Waals surface area contributed by atoms with Crippen LogP contribution in [-0.4, -0.2) is 38.1 Å². The lowest BCUT2D eigenvalue weighted by Crippen LogP contribution is -2.63. The van der Waals surface area contributed by atoms with Crippen molar-refractivity contribution in [1.29, 1.82) is 0 Å². The number of hydrogen-bond donors (Lipinski definition) is 0. The van der Waals surface area contributed by atoms with Crippen LogP contribution in [0.5, 0.6) is 0 Å². The molecule has 12 atom stereocenters. The van der Waals surface area contributed by atoms with Crippen molar-refractivity contribution in [2.24, 2.45) is 52.3 Å². The summed E-state index contributed by atoms with van der Waals surface area (Å²) in [5.74, 6) is 5.18. The number of hydrogen-bond acceptors (Lipinski definition) is 3. The summed E-state index contributed by atoms with van der Waals surface area (Å²) in [5, 5.41) is 0. The number of rotatable bonds is 12. The fraction of sp³-hybridized carbons (Fsp3) is 1.00. The Bertz CT molecular complexity index is 709. The smallest absolute Gasteiger partial charge is 0.0637 e. The molecule has 0 saturated heterocycles. The molecule has 4 rings (SSSR count). The third-order valence-electron chi connectivity index (χ3n) is 12.5. The van der Waals surface area contributed by atoms with E-state index < -0.39 is 0 Å². The van der Waals surface area contributed by atoms with Crippen molar-refractivity contribution in [3.05, 3.63) is 0 Å². The van der Waals surface area contributed by atoms with E-state index in [2.05, 4.69) is 55.4 Å². The molecule has 0 aromatic carbocycles. The molecule has 3 heteroatoms. The predicted molar refractivity (Wildman–Crippen MR) is 155 cm³/mol. The molecule has 3 nitrogen and oxygen atoms in total. The first-order valence-corrected chi connectivity index (χ1v) is 16.6. The van der Waals surface area contributed by atoms with Gasteiger partial charge in [-0.05, 0) is 111 Å². The Hall–Kier alpha value is -0.120. The van der Waals surface area contributed by atoms with Crippen LogP contribution in [0.2, 0.25) is 0 Å². The largest absolute Gasteiger partial charge is 0.378 e. The van der Waals surface area contributed by atoms with Crippen molar-refractivity contribution in [3.63, 3.8) is 0 Å². The minimum Gasteiger partial charge on any atom is -0.378 e. The summed E-state index contributed by atoms with van der Waals surface area (Å²) in [4.78, 5) is 0. The van der Waals surface area contributed by atoms with Crippen molar-refractivity contribution in [3.8, 4) is 0 Å². The molecule has 4 fully saturated rings. The van der Waals surface area contributed by atoms with Crippen LogP contribution in [0.4, 0.5) is 0 Å². The van der Waals surface area contributed by atoms with Gasteiger partial charge in [0.15, 0.2) is 0 Å². The van der Waals surface area contributed by atoms with Gasteiger partial charge in [0.05, 0.1) is 18.3 Å². The third-order valence-corrected chi connectivity index (χ3v) is 12.5. The molecular formula is C34H62O3. The summed E-state index contributed by atoms with van der Waals surface area (Å²) >= 11 is 0. The average Bonchev–Trinajstić information content (AvgIpc) is 3.26. The molecule has 4 aliphatic carbocycles. The first kappa shape index (κ1) is 29.9. The van der Waals surface area contributed by atoms with E-state index >= 15 is 0 Å². The Kier molecular flexibility index (Phi) is 10.2. The van der Waals surface area contributed by atoms with Crippen LogP contribution in [0.25, 0.3) is 0 Å². The molecule has 0 amide bonds. The van der Waals surface area contributed by atoms with E-state index in [0.29, 0.717) is 29.6 Å². The van der Waals surface area contributed by atoms with E-state index in [1.807, 2.05) is 0 Å². The highest BCUT2D eigenvalue weighted by Gasteiger charge is 2.66. The van der Waals surface area contributed by atoms with Gasteiger partial charge >= 0.3 is 0 Å². The summed E-state index contributed by atoms with van der Waals surface area (Å²) < 4.78 is 20.2. The van der Waals surface area contributed by atoms with E-state index in [-0.39, 0.29) is 5.41 Å². The Labute approximate surface area is 230 Å². The van der Waals surface area contributed by atoms with Crippen LogP contribution in [0, 0.1) is 52.3 Å². The minimum atomic E-state index is 0.275. The third kappa shape index (κ3) is 5.46. The zero-order chi connectivity index (χ0) is 26.8. The van der Waals surface area contributed by atoms with Crippen LogP contribution in [-0.2, 0) is 14.2 Å². The molecule has 0 spiro atoms. The summed E-state index contributed by atoms with van der Waals surface area (Å²) in [5.41, 5.74) is 0.677. The second-order valence-electron chi connectivity index (χ2n) is 14.3. The normalized spacial score (nSPS) is 45.1. The molecule has 0 aliphatic heterocycles. The predicted octanol–water partition coefficient (Wildman–Crippen LogP) is 8.93. The van der Waals surface area contributed by atoms with Crippen LogP contribution in [0.3, 0.4) is 0 Å². The van der Waals surface area contributed by atoms with Gasteiger partial charge in [0.25, 0.3) is 0 Å². The van der Waals surface area contributed by atoms with Gasteiger partial charge in [-0.25, -0.2) is 0 Å². The average molecular weight is 519 g/mol. The van der Waals surface area contributed by atoms with Crippen LogP contribution in [0.1, 0.15) is 126 Å². The Balaban J connectivity index is 1.68. The minimum absolute atomic E-state index is 0.275. The second-order valence-corrected chi connectivity index (χ2v) is 14.3. The summed E-state index contributed by atoms with van der Waals surface area (Å²) in [6.07, 6.45) is 15.0. The van der Waals surface area contributed by atoms with Crippen molar-refractivity contribution in [1.82, 2.24) is 0 Å². The molecule has 0 aromatic heterocycles. The SMILES string of the molecule is CCCOC1CCC2(C)C(C1)CC(OCCC)C1C2CC(OCCC)C2(C)C(C(C)C(C)CC)CCC12. The monoisotopic (exact) mass is 518 g/mol. The second kappa shape index (κ2) is 12.6. The topological polar surface area (TPSA) is 27.7 Å². The standard InChI is InChI=1S/C34H62O3/c1-9-17-35-26-15-16-33(7)25(20-26)21-30(36-18-10-2)32-28-14-13-27(24(6)23(5)12-4)34(28,8)31(22-29(32)33)37-19-11-3/h23-32H,9-22H2,1-8H3. The van der Waals surface area contributed by atoms with Crippen molar-refractivity contribution in [2.75, 3.05) is 19.8 Å². The highest BCUT2D eigenvalue weighted by atomic mass is 16.5. The lowest BCUT2D eigenvalue weighted by Gasteiger charge is -2.65. The lowest BCUT2D eigenvalue weighted by molar-refractivity contribution is -0.228. The maximum Gasteiger partial charge on any atom is 0.0637 e. The molecule has 0 bridgehead atoms. The van der Waals surface area contributed by atoms with Crippen LogP contribution < -0.4 is 0 Å². The maximum atomic E-state index is 6.94. The highest BCUT2D eigenvalue weighted by molar-refractivity contribution is 5.15. The molecule has 216 valence electrons. The van der Waals surface area contributed by atoms with Crippen LogP contribution >= 0.6 is 0 Å². The molecule has 0 N–H and O–H groups in total. The first-order chi connectivity index (χ1) is 17.8. The van der Waals surface area contributed by atoms with Gasteiger partial charge in [0, 0.05) is 25.2 Å². The Morgan fingerprint density at radius 3 is 2.11 bits per heavy atom. The Morgan fingerprint density at radius 2 is 1.43 bits per heavy atom. The summed E-state index contributed by atoms with van der Waals surface area (Å²) in [6.45, 7) is 22.3. The van der Waals surface area contributed by atoms with E-state index in [0.717, 1.165) is 74.6 Å². The summed E-state index contributed by atoms with van der Waals surface area (Å²) in [7, 11) is 0. The van der Waals surface area contributed by atoms with Gasteiger partial charge in [-0.1, -0.05) is 61.8 Å². The van der Waals surface area contributed by atoms with Gasteiger partial charge < -0.3 is 14.2 Å². The van der Waals surface area contributed by atoms with E-state index in [1.165, 1.54) is 51.4 Å². The van der Waals surface area contributed by atoms with Crippen LogP contribution in [0.15, 0.2) is 0 Å². The van der Waals surface area contributed by atoms with Gasteiger partial charge in [0.2, 0.25) is 0 Å². The van der Waals surface area contributed by atoms with Gasteiger partial charge in [-0.3, -0.25) is 0 Å². The van der Waals surface area contributed by atoms with E-state index in [1.54, 1.807) is 0 Å². The molecule has 12 unspecified atom stereocenters. The van der Waals surface area contributed by atoms with Crippen molar-refractivity contribution >= 4 is 0 Å². The molecule has 4 aliphatic rings. The molecule has 0 aromatic rings. The van der Waals surface area contributed by atoms with Gasteiger partial charge in [-0.2, -0.15) is 0 Å². The van der Waals surface area contributed by atoms with E-state index in [9.17, 15) is 0 Å². The molecule has 0 radical (unpaired) electrons. The molecular weight excluding hydrogens is 456 g/mol. The summed E-state index contributed by atoms with van der Waals surface area (Å²) in [6, 6.07) is 0. The maximum absolute atomic E-state index is 6.94. The van der Waals surface area contributed by atoms with E-state index in [4.69, 9.17) is 14.2 Å². The van der Waals surface area contributed by atoms with Crippen molar-refractivity contribution < 1.29 is 14.2 Å². The fourth-order valence-electron chi connectivity index (χ4n) is 10.2. The zero-order valence-electron chi connectivity index (χ0n) is 25.9. The molecule has 4 saturated carbocycles. The first-order valence-electron chi connectivity index (χ1n) is 16.6. The molecule has 0 heterocycles. The molecule has 37 heavy (non-hydrogen) atoms. The van der Waals surface area contributed by atoms with Gasteiger partial charge in [-0.15, -0.1) is 0 Å². The van der Waals surface area contributed by atoms with Crippen molar-refractivity contribution in [2.45, 2.75) is 144 Å². The fourth-order valence-corrected chi connectivity index (χ4v) is 10.2. The quantitative estimate of drug-likeness (QED) is 0.258. The highest BCUT2D eigenvalue weighted by Crippen LogP contribution is 2.69. The number of fused-ring (bicyclic) bond motifs is 5.